The average Bonchev–Trinajstić information content (AvgIpc) is 2.49. The molecular formula is C18H31NS. The van der Waals surface area contributed by atoms with Gasteiger partial charge in [0.1, 0.15) is 4.87 Å². The molecule has 1 aliphatic heterocycles. The lowest BCUT2D eigenvalue weighted by Gasteiger charge is -2.44. The second-order valence-electron chi connectivity index (χ2n) is 9.46. The Bertz CT molecular complexity index is 437. The van der Waals surface area contributed by atoms with Crippen LogP contribution in [0.4, 0.5) is 0 Å². The third-order valence-electron chi connectivity index (χ3n) is 5.40. The fourth-order valence-electron chi connectivity index (χ4n) is 5.41. The average molecular weight is 294 g/mol. The van der Waals surface area contributed by atoms with Crippen LogP contribution >= 0.6 is 11.8 Å². The van der Waals surface area contributed by atoms with E-state index in [1.54, 1.807) is 5.71 Å². The van der Waals surface area contributed by atoms with Gasteiger partial charge >= 0.3 is 0 Å². The summed E-state index contributed by atoms with van der Waals surface area (Å²) < 4.78 is 0. The van der Waals surface area contributed by atoms with Gasteiger partial charge in [-0.05, 0) is 54.8 Å². The van der Waals surface area contributed by atoms with E-state index in [9.17, 15) is 0 Å². The van der Waals surface area contributed by atoms with Gasteiger partial charge in [0.2, 0.25) is 0 Å². The number of thioether (sulfide) groups is 1. The van der Waals surface area contributed by atoms with Crippen LogP contribution in [0.5, 0.6) is 0 Å². The molecule has 0 N–H and O–H groups in total. The lowest BCUT2D eigenvalue weighted by atomic mass is 9.70. The normalized spacial score (nSPS) is 46.1. The van der Waals surface area contributed by atoms with Gasteiger partial charge in [0.25, 0.3) is 0 Å². The van der Waals surface area contributed by atoms with E-state index in [2.05, 4.69) is 53.3 Å². The number of aliphatic imine (C=N–C) groups is 1. The first kappa shape index (κ1) is 14.9. The molecule has 0 radical (unpaired) electrons. The zero-order valence-electron chi connectivity index (χ0n) is 14.1. The minimum Gasteiger partial charge on any atom is -0.275 e. The molecule has 4 unspecified atom stereocenters. The predicted molar refractivity (Wildman–Crippen MR) is 90.5 cm³/mol. The number of nitrogens with zero attached hydrogens (tertiary/aromatic N) is 1. The zero-order chi connectivity index (χ0) is 14.8. The largest absolute Gasteiger partial charge is 0.275 e. The van der Waals surface area contributed by atoms with Gasteiger partial charge in [-0.25, -0.2) is 0 Å². The number of fused-ring (bicyclic) bond motifs is 1. The molecule has 0 aromatic carbocycles. The van der Waals surface area contributed by atoms with Crippen LogP contribution in [0.15, 0.2) is 4.99 Å². The number of hydrogen-bond acceptors (Lipinski definition) is 2. The summed E-state index contributed by atoms with van der Waals surface area (Å²) in [5.41, 5.74) is 2.46. The van der Waals surface area contributed by atoms with Crippen molar-refractivity contribution < 1.29 is 0 Å². The zero-order valence-corrected chi connectivity index (χ0v) is 14.9. The molecule has 2 saturated carbocycles. The minimum atomic E-state index is 0.218. The van der Waals surface area contributed by atoms with E-state index in [1.165, 1.54) is 32.1 Å². The fraction of sp³-hybridized carbons (Fsp3) is 0.944. The molecule has 1 spiro atoms. The molecule has 3 rings (SSSR count). The maximum absolute atomic E-state index is 5.37. The smallest absolute Gasteiger partial charge is 0.107 e. The first-order chi connectivity index (χ1) is 9.10. The van der Waals surface area contributed by atoms with Crippen molar-refractivity contribution >= 4 is 17.5 Å². The van der Waals surface area contributed by atoms with Gasteiger partial charge in [0.15, 0.2) is 0 Å². The highest BCUT2D eigenvalue weighted by Crippen LogP contribution is 2.58. The van der Waals surface area contributed by atoms with E-state index in [0.29, 0.717) is 16.1 Å². The van der Waals surface area contributed by atoms with E-state index in [1.807, 2.05) is 0 Å². The van der Waals surface area contributed by atoms with Crippen LogP contribution in [0.1, 0.15) is 73.6 Å². The van der Waals surface area contributed by atoms with Gasteiger partial charge in [-0.1, -0.05) is 41.5 Å². The first-order valence-corrected chi connectivity index (χ1v) is 9.24. The van der Waals surface area contributed by atoms with Crippen LogP contribution in [-0.2, 0) is 0 Å². The maximum Gasteiger partial charge on any atom is 0.107 e. The predicted octanol–water partition coefficient (Wildman–Crippen LogP) is 5.54. The van der Waals surface area contributed by atoms with Crippen molar-refractivity contribution in [2.24, 2.45) is 27.7 Å². The summed E-state index contributed by atoms with van der Waals surface area (Å²) >= 11 is 2.23. The molecule has 0 aromatic rings. The Hall–Kier alpha value is 0.0200. The Morgan fingerprint density at radius 1 is 1.00 bits per heavy atom. The molecule has 1 nitrogen and oxygen atoms in total. The Balaban J connectivity index is 1.89. The molecule has 0 bridgehead atoms. The highest BCUT2D eigenvalue weighted by Gasteiger charge is 2.52. The van der Waals surface area contributed by atoms with Crippen molar-refractivity contribution in [2.75, 3.05) is 0 Å². The standard InChI is InChI=1S/C18H31NS/c1-12-7-17(5,6)11-18(8-12)19-14-10-16(3,4)9-13(2)15(14)20-18/h12-13,15H,7-11H2,1-6H3. The molecule has 1 heterocycles. The molecule has 0 saturated heterocycles. The van der Waals surface area contributed by atoms with Crippen LogP contribution in [0.3, 0.4) is 0 Å². The van der Waals surface area contributed by atoms with Crippen molar-refractivity contribution in [3.63, 3.8) is 0 Å². The van der Waals surface area contributed by atoms with Crippen molar-refractivity contribution in [3.05, 3.63) is 0 Å². The van der Waals surface area contributed by atoms with Gasteiger partial charge in [0.05, 0.1) is 0 Å². The molecule has 0 amide bonds. The summed E-state index contributed by atoms with van der Waals surface area (Å²) in [6, 6.07) is 0. The molecule has 20 heavy (non-hydrogen) atoms. The van der Waals surface area contributed by atoms with Crippen molar-refractivity contribution in [1.29, 1.82) is 0 Å². The van der Waals surface area contributed by atoms with Gasteiger partial charge in [-0.15, -0.1) is 11.8 Å². The van der Waals surface area contributed by atoms with E-state index in [0.717, 1.165) is 11.8 Å². The third-order valence-corrected chi connectivity index (χ3v) is 7.23. The SMILES string of the molecule is CC1CC(C)(C)CC2(C1)N=C1CC(C)(C)CC(C)C1S2. The third kappa shape index (κ3) is 2.69. The minimum absolute atomic E-state index is 0.218. The summed E-state index contributed by atoms with van der Waals surface area (Å²) in [6.07, 6.45) is 6.53. The fourth-order valence-corrected chi connectivity index (χ4v) is 7.51. The maximum atomic E-state index is 5.37. The number of hydrogen-bond donors (Lipinski definition) is 0. The molecular weight excluding hydrogens is 262 g/mol. The lowest BCUT2D eigenvalue weighted by Crippen LogP contribution is -2.38. The Kier molecular flexibility index (Phi) is 3.37. The van der Waals surface area contributed by atoms with E-state index in [-0.39, 0.29) is 4.87 Å². The topological polar surface area (TPSA) is 12.4 Å². The molecule has 3 aliphatic rings. The number of rotatable bonds is 0. The summed E-state index contributed by atoms with van der Waals surface area (Å²) in [5, 5.41) is 0.712. The van der Waals surface area contributed by atoms with E-state index in [4.69, 9.17) is 4.99 Å². The molecule has 2 fully saturated rings. The van der Waals surface area contributed by atoms with Gasteiger partial charge in [0, 0.05) is 11.0 Å². The van der Waals surface area contributed by atoms with Crippen LogP contribution in [0, 0.1) is 22.7 Å². The highest BCUT2D eigenvalue weighted by atomic mass is 32.2. The Morgan fingerprint density at radius 3 is 2.35 bits per heavy atom. The quantitative estimate of drug-likeness (QED) is 0.571. The monoisotopic (exact) mass is 293 g/mol. The van der Waals surface area contributed by atoms with Gasteiger partial charge in [-0.3, -0.25) is 4.99 Å². The van der Waals surface area contributed by atoms with Gasteiger partial charge < -0.3 is 0 Å². The summed E-state index contributed by atoms with van der Waals surface area (Å²) in [4.78, 5) is 5.59. The molecule has 0 aromatic heterocycles. The van der Waals surface area contributed by atoms with Crippen LogP contribution in [0.2, 0.25) is 0 Å². The Morgan fingerprint density at radius 2 is 1.70 bits per heavy atom. The van der Waals surface area contributed by atoms with E-state index < -0.39 is 0 Å². The second kappa shape index (κ2) is 4.51. The van der Waals surface area contributed by atoms with Crippen molar-refractivity contribution in [2.45, 2.75) is 83.8 Å². The molecule has 4 atom stereocenters. The van der Waals surface area contributed by atoms with Crippen molar-refractivity contribution in [3.8, 4) is 0 Å². The molecule has 114 valence electrons. The van der Waals surface area contributed by atoms with Crippen LogP contribution in [-0.4, -0.2) is 15.8 Å². The summed E-state index contributed by atoms with van der Waals surface area (Å²) in [5.74, 6) is 1.61. The van der Waals surface area contributed by atoms with E-state index >= 15 is 0 Å². The van der Waals surface area contributed by atoms with Crippen molar-refractivity contribution in [1.82, 2.24) is 0 Å². The molecule has 2 heteroatoms. The van der Waals surface area contributed by atoms with Crippen LogP contribution < -0.4 is 0 Å². The second-order valence-corrected chi connectivity index (χ2v) is 11.0. The molecule has 2 aliphatic carbocycles. The summed E-state index contributed by atoms with van der Waals surface area (Å²) in [6.45, 7) is 14.6. The van der Waals surface area contributed by atoms with Crippen LogP contribution in [0.25, 0.3) is 0 Å². The summed E-state index contributed by atoms with van der Waals surface area (Å²) in [7, 11) is 0. The lowest BCUT2D eigenvalue weighted by molar-refractivity contribution is 0.157. The highest BCUT2D eigenvalue weighted by molar-refractivity contribution is 8.02. The first-order valence-electron chi connectivity index (χ1n) is 8.36. The Labute approximate surface area is 129 Å². The van der Waals surface area contributed by atoms with Gasteiger partial charge in [-0.2, -0.15) is 0 Å².